The molecule has 2 heterocycles. The van der Waals surface area contributed by atoms with E-state index in [0.29, 0.717) is 18.2 Å². The molecule has 0 aliphatic heterocycles. The van der Waals surface area contributed by atoms with Crippen molar-refractivity contribution in [3.05, 3.63) is 40.0 Å². The summed E-state index contributed by atoms with van der Waals surface area (Å²) in [5.41, 5.74) is 2.08. The number of anilines is 1. The molecule has 0 aromatic carbocycles. The van der Waals surface area contributed by atoms with Crippen molar-refractivity contribution in [2.45, 2.75) is 32.6 Å². The molecule has 1 aliphatic rings. The zero-order valence-corrected chi connectivity index (χ0v) is 11.9. The predicted molar refractivity (Wildman–Crippen MR) is 78.8 cm³/mol. The zero-order chi connectivity index (χ0) is 14.8. The molecule has 0 bridgehead atoms. The first kappa shape index (κ1) is 13.5. The van der Waals surface area contributed by atoms with Gasteiger partial charge in [0.05, 0.1) is 10.6 Å². The first-order valence-corrected chi connectivity index (χ1v) is 7.15. The maximum atomic E-state index is 11.3. The highest BCUT2D eigenvalue weighted by atomic mass is 16.6. The summed E-state index contributed by atoms with van der Waals surface area (Å²) in [7, 11) is 0. The highest BCUT2D eigenvalue weighted by molar-refractivity contribution is 5.54. The van der Waals surface area contributed by atoms with Crippen LogP contribution < -0.4 is 5.32 Å². The summed E-state index contributed by atoms with van der Waals surface area (Å²) in [6.45, 7) is 2.67. The number of nitrogens with one attached hydrogen (secondary N) is 1. The average Bonchev–Trinajstić information content (AvgIpc) is 2.91. The van der Waals surface area contributed by atoms with Crippen LogP contribution in [0, 0.1) is 10.1 Å². The van der Waals surface area contributed by atoms with Gasteiger partial charge in [0.1, 0.15) is 12.1 Å². The lowest BCUT2D eigenvalue weighted by Crippen LogP contribution is -2.11. The molecule has 1 aliphatic carbocycles. The van der Waals surface area contributed by atoms with Crippen LogP contribution in [0.1, 0.15) is 31.2 Å². The number of imidazole rings is 1. The molecule has 0 atom stereocenters. The van der Waals surface area contributed by atoms with Gasteiger partial charge in [-0.15, -0.1) is 0 Å². The molecule has 2 aromatic heterocycles. The van der Waals surface area contributed by atoms with Gasteiger partial charge in [0, 0.05) is 18.3 Å². The third-order valence-electron chi connectivity index (χ3n) is 3.67. The maximum absolute atomic E-state index is 11.3. The minimum absolute atomic E-state index is 0.00225. The molecule has 110 valence electrons. The van der Waals surface area contributed by atoms with E-state index < -0.39 is 4.92 Å². The lowest BCUT2D eigenvalue weighted by atomic mass is 10.0. The van der Waals surface area contributed by atoms with Gasteiger partial charge in [-0.05, 0) is 38.7 Å². The lowest BCUT2D eigenvalue weighted by molar-refractivity contribution is -0.384. The van der Waals surface area contributed by atoms with Gasteiger partial charge in [-0.3, -0.25) is 14.7 Å². The third kappa shape index (κ3) is 2.46. The SMILES string of the molecule is CCNc1ccc([N+](=O)[O-])c(-n2cnc3c2CCCC3)n1. The van der Waals surface area contributed by atoms with Gasteiger partial charge in [0.15, 0.2) is 0 Å². The fraction of sp³-hybridized carbons (Fsp3) is 0.429. The van der Waals surface area contributed by atoms with Crippen LogP contribution in [0.3, 0.4) is 0 Å². The van der Waals surface area contributed by atoms with Crippen LogP contribution >= 0.6 is 0 Å². The van der Waals surface area contributed by atoms with Gasteiger partial charge in [-0.1, -0.05) is 0 Å². The summed E-state index contributed by atoms with van der Waals surface area (Å²) < 4.78 is 1.77. The van der Waals surface area contributed by atoms with Crippen LogP contribution in [0.2, 0.25) is 0 Å². The Bertz CT molecular complexity index is 680. The number of nitro groups is 1. The summed E-state index contributed by atoms with van der Waals surface area (Å²) >= 11 is 0. The Labute approximate surface area is 122 Å². The maximum Gasteiger partial charge on any atom is 0.312 e. The average molecular weight is 287 g/mol. The Morgan fingerprint density at radius 2 is 2.19 bits per heavy atom. The van der Waals surface area contributed by atoms with Crippen molar-refractivity contribution in [2.75, 3.05) is 11.9 Å². The Kier molecular flexibility index (Phi) is 3.55. The van der Waals surface area contributed by atoms with E-state index in [1.165, 1.54) is 6.07 Å². The Morgan fingerprint density at radius 1 is 1.38 bits per heavy atom. The minimum atomic E-state index is -0.396. The standard InChI is InChI=1S/C14H17N5O2/c1-2-15-13-8-7-12(19(20)21)14(17-13)18-9-16-10-5-3-4-6-11(10)18/h7-9H,2-6H2,1H3,(H,15,17). The molecule has 2 aromatic rings. The van der Waals surface area contributed by atoms with Crippen molar-refractivity contribution in [3.8, 4) is 5.82 Å². The van der Waals surface area contributed by atoms with Crippen LogP contribution in [-0.2, 0) is 12.8 Å². The highest BCUT2D eigenvalue weighted by Crippen LogP contribution is 2.28. The molecule has 1 N–H and O–H groups in total. The van der Waals surface area contributed by atoms with Gasteiger partial charge >= 0.3 is 5.69 Å². The number of nitrogens with zero attached hydrogens (tertiary/aromatic N) is 4. The molecular weight excluding hydrogens is 270 g/mol. The second kappa shape index (κ2) is 5.51. The summed E-state index contributed by atoms with van der Waals surface area (Å²) in [6.07, 6.45) is 5.68. The molecule has 7 heteroatoms. The van der Waals surface area contributed by atoms with Crippen molar-refractivity contribution in [2.24, 2.45) is 0 Å². The minimum Gasteiger partial charge on any atom is -0.370 e. The van der Waals surface area contributed by atoms with Crippen molar-refractivity contribution in [1.82, 2.24) is 14.5 Å². The van der Waals surface area contributed by atoms with E-state index in [2.05, 4.69) is 15.3 Å². The Balaban J connectivity index is 2.13. The van der Waals surface area contributed by atoms with Crippen LogP contribution in [0.5, 0.6) is 0 Å². The van der Waals surface area contributed by atoms with Crippen LogP contribution in [-0.4, -0.2) is 26.0 Å². The molecule has 3 rings (SSSR count). The first-order chi connectivity index (χ1) is 10.2. The fourth-order valence-corrected chi connectivity index (χ4v) is 2.69. The number of hydrogen-bond donors (Lipinski definition) is 1. The smallest absolute Gasteiger partial charge is 0.312 e. The van der Waals surface area contributed by atoms with E-state index in [9.17, 15) is 10.1 Å². The summed E-state index contributed by atoms with van der Waals surface area (Å²) in [5, 5.41) is 14.4. The van der Waals surface area contributed by atoms with Gasteiger partial charge in [-0.25, -0.2) is 9.97 Å². The first-order valence-electron chi connectivity index (χ1n) is 7.15. The number of pyridine rings is 1. The van der Waals surface area contributed by atoms with Crippen LogP contribution in [0.25, 0.3) is 5.82 Å². The van der Waals surface area contributed by atoms with E-state index in [1.54, 1.807) is 17.0 Å². The van der Waals surface area contributed by atoms with Crippen molar-refractivity contribution in [1.29, 1.82) is 0 Å². The van der Waals surface area contributed by atoms with Gasteiger partial charge in [-0.2, -0.15) is 0 Å². The van der Waals surface area contributed by atoms with E-state index in [4.69, 9.17) is 0 Å². The summed E-state index contributed by atoms with van der Waals surface area (Å²) in [4.78, 5) is 19.7. The molecule has 0 radical (unpaired) electrons. The summed E-state index contributed by atoms with van der Waals surface area (Å²) in [5.74, 6) is 0.977. The largest absolute Gasteiger partial charge is 0.370 e. The molecule has 0 fully saturated rings. The third-order valence-corrected chi connectivity index (χ3v) is 3.67. The van der Waals surface area contributed by atoms with E-state index in [1.807, 2.05) is 6.92 Å². The highest BCUT2D eigenvalue weighted by Gasteiger charge is 2.23. The lowest BCUT2D eigenvalue weighted by Gasteiger charge is -2.14. The normalized spacial score (nSPS) is 13.8. The molecular formula is C14H17N5O2. The van der Waals surface area contributed by atoms with Crippen molar-refractivity contribution in [3.63, 3.8) is 0 Å². The van der Waals surface area contributed by atoms with E-state index in [-0.39, 0.29) is 5.69 Å². The van der Waals surface area contributed by atoms with Crippen molar-refractivity contribution < 1.29 is 4.92 Å². The van der Waals surface area contributed by atoms with Gasteiger partial charge in [0.25, 0.3) is 0 Å². The molecule has 0 amide bonds. The fourth-order valence-electron chi connectivity index (χ4n) is 2.69. The van der Waals surface area contributed by atoms with E-state index >= 15 is 0 Å². The molecule has 0 saturated heterocycles. The number of rotatable bonds is 4. The van der Waals surface area contributed by atoms with Crippen LogP contribution in [0.15, 0.2) is 18.5 Å². The number of aromatic nitrogens is 3. The number of fused-ring (bicyclic) bond motifs is 1. The molecule has 0 spiro atoms. The second-order valence-electron chi connectivity index (χ2n) is 5.04. The Hall–Kier alpha value is -2.44. The number of hydrogen-bond acceptors (Lipinski definition) is 5. The number of aryl methyl sites for hydroxylation is 1. The Morgan fingerprint density at radius 3 is 2.95 bits per heavy atom. The van der Waals surface area contributed by atoms with Gasteiger partial charge < -0.3 is 5.32 Å². The summed E-state index contributed by atoms with van der Waals surface area (Å²) in [6, 6.07) is 3.13. The van der Waals surface area contributed by atoms with Crippen molar-refractivity contribution >= 4 is 11.5 Å². The molecule has 21 heavy (non-hydrogen) atoms. The zero-order valence-electron chi connectivity index (χ0n) is 11.9. The molecule has 7 nitrogen and oxygen atoms in total. The van der Waals surface area contributed by atoms with E-state index in [0.717, 1.165) is 37.1 Å². The predicted octanol–water partition coefficient (Wildman–Crippen LogP) is 2.49. The topological polar surface area (TPSA) is 85.9 Å². The monoisotopic (exact) mass is 287 g/mol. The quantitative estimate of drug-likeness (QED) is 0.689. The molecule has 0 unspecified atom stereocenters. The van der Waals surface area contributed by atoms with Gasteiger partial charge in [0.2, 0.25) is 5.82 Å². The van der Waals surface area contributed by atoms with Crippen LogP contribution in [0.4, 0.5) is 11.5 Å². The molecule has 0 saturated carbocycles. The second-order valence-corrected chi connectivity index (χ2v) is 5.04.